The molecule has 0 saturated carbocycles. The van der Waals surface area contributed by atoms with Crippen molar-refractivity contribution in [1.82, 2.24) is 0 Å². The number of hydrogen-bond acceptors (Lipinski definition) is 9. The summed E-state index contributed by atoms with van der Waals surface area (Å²) >= 11 is 0. The molecule has 0 fully saturated rings. The largest absolute Gasteiger partial charge is 0.487 e. The summed E-state index contributed by atoms with van der Waals surface area (Å²) in [6.45, 7) is 1.34. The number of esters is 4. The first-order valence-corrected chi connectivity index (χ1v) is 22.3. The van der Waals surface area contributed by atoms with Gasteiger partial charge in [0.2, 0.25) is 0 Å². The number of carbonyl (C=O) groups excluding carboxylic acids is 4. The molecule has 0 aliphatic carbocycles. The van der Waals surface area contributed by atoms with Gasteiger partial charge in [0, 0.05) is 0 Å². The summed E-state index contributed by atoms with van der Waals surface area (Å²) in [4.78, 5) is 51.7. The van der Waals surface area contributed by atoms with Crippen molar-refractivity contribution >= 4 is 30.0 Å². The highest BCUT2D eigenvalue weighted by Crippen LogP contribution is 2.62. The molecule has 0 aliphatic heterocycles. The topological polar surface area (TPSA) is 114 Å². The fourth-order valence-corrected chi connectivity index (χ4v) is 6.19. The molecular weight excluding hydrogens is 1010 g/mol. The lowest BCUT2D eigenvalue weighted by atomic mass is 9.91. The van der Waals surface area contributed by atoms with Gasteiger partial charge in [-0.1, -0.05) is 90.2 Å². The Bertz CT molecular complexity index is 2230. The molecule has 0 aromatic heterocycles. The van der Waals surface area contributed by atoms with E-state index in [-0.39, 0.29) is 35.7 Å². The number of hydrogen-bond donors (Lipinski definition) is 0. The Morgan fingerprint density at radius 1 is 0.431 bits per heavy atom. The summed E-state index contributed by atoms with van der Waals surface area (Å²) in [5, 5.41) is 0. The number of alkyl halides is 15. The van der Waals surface area contributed by atoms with Crippen molar-refractivity contribution in [2.45, 2.75) is 133 Å². The maximum atomic E-state index is 14.2. The van der Waals surface area contributed by atoms with Crippen molar-refractivity contribution in [1.29, 1.82) is 0 Å². The molecule has 3 aromatic carbocycles. The molecule has 0 amide bonds. The molecule has 24 heteroatoms. The molecule has 0 aliphatic rings. The molecule has 3 aromatic rings. The smallest absolute Gasteiger partial charge is 0.460 e. The van der Waals surface area contributed by atoms with E-state index in [9.17, 15) is 85.0 Å². The van der Waals surface area contributed by atoms with Crippen LogP contribution in [0.2, 0.25) is 0 Å². The van der Waals surface area contributed by atoms with Crippen LogP contribution in [0.15, 0.2) is 78.4 Å². The second-order valence-corrected chi connectivity index (χ2v) is 16.1. The molecule has 0 N–H and O–H groups in total. The molecule has 0 bridgehead atoms. The van der Waals surface area contributed by atoms with Gasteiger partial charge < -0.3 is 23.7 Å². The molecule has 400 valence electrons. The number of benzene rings is 3. The van der Waals surface area contributed by atoms with E-state index >= 15 is 0 Å². The third kappa shape index (κ3) is 15.0. The Hall–Kier alpha value is -5.97. The highest BCUT2D eigenvalue weighted by atomic mass is 19.4. The number of carbonyl (C=O) groups is 4. The number of halogens is 15. The average Bonchev–Trinajstić information content (AvgIpc) is 3.32. The average molecular weight is 1050 g/mol. The highest BCUT2D eigenvalue weighted by molar-refractivity contribution is 6.17. The van der Waals surface area contributed by atoms with E-state index in [1.54, 1.807) is 0 Å². The van der Waals surface area contributed by atoms with Crippen molar-refractivity contribution in [2.24, 2.45) is 0 Å². The van der Waals surface area contributed by atoms with E-state index in [4.69, 9.17) is 18.9 Å². The van der Waals surface area contributed by atoms with Gasteiger partial charge in [-0.2, -0.15) is 65.9 Å². The predicted octanol–water partition coefficient (Wildman–Crippen LogP) is 14.1. The van der Waals surface area contributed by atoms with Crippen LogP contribution in [0, 0.1) is 0 Å². The van der Waals surface area contributed by atoms with Crippen LogP contribution in [0.3, 0.4) is 0 Å². The molecule has 0 unspecified atom stereocenters. The van der Waals surface area contributed by atoms with Crippen molar-refractivity contribution < 1.29 is 109 Å². The first kappa shape index (κ1) is 60.3. The van der Waals surface area contributed by atoms with Crippen molar-refractivity contribution in [3.05, 3.63) is 95.1 Å². The maximum absolute atomic E-state index is 14.2. The first-order chi connectivity index (χ1) is 33.5. The third-order valence-electron chi connectivity index (χ3n) is 10.5. The monoisotopic (exact) mass is 1050 g/mol. The van der Waals surface area contributed by atoms with Gasteiger partial charge in [0.15, 0.2) is 6.61 Å². The lowest BCUT2D eigenvalue weighted by molar-refractivity contribution is -0.453. The molecule has 0 atom stereocenters. The Labute approximate surface area is 403 Å². The van der Waals surface area contributed by atoms with E-state index in [1.165, 1.54) is 42.5 Å². The van der Waals surface area contributed by atoms with E-state index in [0.29, 0.717) is 30.5 Å². The van der Waals surface area contributed by atoms with Crippen molar-refractivity contribution in [3.8, 4) is 17.2 Å². The standard InChI is InChI=1S/C48H49F15O9/c1-3-5-7-9-11-13-27-68-40(66)37(41(67)69-28-14-12-10-8-6-4-2)29-31-15-17-32(18-16-31)38(64)71-35-21-19-33(20-22-35)39(65)72-36-25-23-34(24-26-36)70-30-42(49,50)43(51,52)44(53,54)45(55,56)46(57,58)47(59,60)48(61,62)63/h15-26,29H,3-14,27-28,30H2,1-2H3. The lowest BCUT2D eigenvalue weighted by Gasteiger charge is -2.41. The number of unbranched alkanes of at least 4 members (excludes halogenated alkanes) is 10. The van der Waals surface area contributed by atoms with Crippen molar-refractivity contribution in [2.75, 3.05) is 19.8 Å². The van der Waals surface area contributed by atoms with E-state index in [1.807, 2.05) is 0 Å². The van der Waals surface area contributed by atoms with Gasteiger partial charge in [-0.25, -0.2) is 19.2 Å². The minimum atomic E-state index is -8.43. The van der Waals surface area contributed by atoms with E-state index in [2.05, 4.69) is 18.6 Å². The summed E-state index contributed by atoms with van der Waals surface area (Å²) in [6, 6.07) is 12.7. The molecule has 0 spiro atoms. The molecule has 0 radical (unpaired) electrons. The van der Waals surface area contributed by atoms with Crippen LogP contribution in [0.4, 0.5) is 65.9 Å². The Kier molecular flexibility index (Phi) is 21.5. The second kappa shape index (κ2) is 25.6. The normalized spacial score (nSPS) is 12.7. The lowest BCUT2D eigenvalue weighted by Crippen LogP contribution is -2.73. The fourth-order valence-electron chi connectivity index (χ4n) is 6.19. The van der Waals surface area contributed by atoms with Crippen LogP contribution in [0.1, 0.15) is 117 Å². The van der Waals surface area contributed by atoms with Crippen LogP contribution < -0.4 is 14.2 Å². The zero-order chi connectivity index (χ0) is 54.2. The summed E-state index contributed by atoms with van der Waals surface area (Å²) in [7, 11) is 0. The van der Waals surface area contributed by atoms with Crippen LogP contribution in [-0.2, 0) is 19.1 Å². The zero-order valence-electron chi connectivity index (χ0n) is 38.5. The van der Waals surface area contributed by atoms with Crippen LogP contribution >= 0.6 is 0 Å². The highest BCUT2D eigenvalue weighted by Gasteiger charge is 2.93. The maximum Gasteiger partial charge on any atom is 0.460 e. The SMILES string of the molecule is CCCCCCCCOC(=O)C(=Cc1ccc(C(=O)Oc2ccc(C(=O)Oc3ccc(OCC(F)(F)C(F)(F)C(F)(F)C(F)(F)C(F)(F)C(F)(F)C(F)(F)F)cc3)cc2)cc1)C(=O)OCCCCCCCC. The zero-order valence-corrected chi connectivity index (χ0v) is 38.5. The Morgan fingerprint density at radius 2 is 0.778 bits per heavy atom. The summed E-state index contributed by atoms with van der Waals surface area (Å²) < 4.78 is 227. The van der Waals surface area contributed by atoms with Gasteiger partial charge >= 0.3 is 65.6 Å². The Balaban J connectivity index is 1.62. The molecule has 9 nitrogen and oxygen atoms in total. The summed E-state index contributed by atoms with van der Waals surface area (Å²) in [5.74, 6) is -52.8. The fraction of sp³-hybridized carbons (Fsp3) is 0.500. The molecular formula is C48H49F15O9. The van der Waals surface area contributed by atoms with Crippen molar-refractivity contribution in [3.63, 3.8) is 0 Å². The Morgan fingerprint density at radius 3 is 1.19 bits per heavy atom. The number of ether oxygens (including phenoxy) is 5. The minimum absolute atomic E-state index is 0.0229. The quantitative estimate of drug-likeness (QED) is 0.0127. The van der Waals surface area contributed by atoms with Gasteiger partial charge in [-0.3, -0.25) is 0 Å². The van der Waals surface area contributed by atoms with Crippen LogP contribution in [0.5, 0.6) is 17.2 Å². The van der Waals surface area contributed by atoms with E-state index < -0.39 is 83.7 Å². The van der Waals surface area contributed by atoms with Gasteiger partial charge in [0.25, 0.3) is 0 Å². The second-order valence-electron chi connectivity index (χ2n) is 16.1. The third-order valence-corrected chi connectivity index (χ3v) is 10.5. The van der Waals surface area contributed by atoms with Crippen LogP contribution in [0.25, 0.3) is 6.08 Å². The van der Waals surface area contributed by atoms with Gasteiger partial charge in [0.1, 0.15) is 22.8 Å². The summed E-state index contributed by atoms with van der Waals surface area (Å²) in [6.07, 6.45) is 4.90. The molecule has 0 saturated heterocycles. The van der Waals surface area contributed by atoms with Crippen LogP contribution in [-0.4, -0.2) is 85.4 Å². The molecule has 0 heterocycles. The van der Waals surface area contributed by atoms with Gasteiger partial charge in [-0.15, -0.1) is 0 Å². The minimum Gasteiger partial charge on any atom is -0.487 e. The molecule has 3 rings (SSSR count). The van der Waals surface area contributed by atoms with E-state index in [0.717, 1.165) is 88.5 Å². The molecule has 72 heavy (non-hydrogen) atoms. The summed E-state index contributed by atoms with van der Waals surface area (Å²) in [5.41, 5.74) is -0.168. The van der Waals surface area contributed by atoms with Gasteiger partial charge in [-0.05, 0) is 85.1 Å². The predicted molar refractivity (Wildman–Crippen MR) is 227 cm³/mol. The van der Waals surface area contributed by atoms with Gasteiger partial charge in [0.05, 0.1) is 24.3 Å². The number of rotatable bonds is 29. The first-order valence-electron chi connectivity index (χ1n) is 22.3.